The van der Waals surface area contributed by atoms with Gasteiger partial charge in [0.05, 0.1) is 18.1 Å². The lowest BCUT2D eigenvalue weighted by molar-refractivity contribution is -0.117. The van der Waals surface area contributed by atoms with Gasteiger partial charge in [-0.3, -0.25) is 9.69 Å². The SMILES string of the molecule is O=C1CCN(C2CCS(=O)(=O)C2)C1. The molecule has 2 aliphatic rings. The van der Waals surface area contributed by atoms with Gasteiger partial charge in [-0.25, -0.2) is 8.42 Å². The molecule has 0 radical (unpaired) electrons. The van der Waals surface area contributed by atoms with Crippen molar-refractivity contribution in [3.63, 3.8) is 0 Å². The monoisotopic (exact) mass is 203 g/mol. The van der Waals surface area contributed by atoms with Crippen LogP contribution in [0.15, 0.2) is 0 Å². The molecule has 0 aromatic rings. The van der Waals surface area contributed by atoms with Gasteiger partial charge in [0.25, 0.3) is 0 Å². The molecular formula is C8H13NO3S. The summed E-state index contributed by atoms with van der Waals surface area (Å²) in [6.45, 7) is 1.21. The number of nitrogens with zero attached hydrogens (tertiary/aromatic N) is 1. The molecule has 1 unspecified atom stereocenters. The fourth-order valence-corrected chi connectivity index (χ4v) is 3.79. The third-order valence-corrected chi connectivity index (χ3v) is 4.53. The predicted octanol–water partition coefficient (Wildman–Crippen LogP) is -0.552. The third-order valence-electron chi connectivity index (χ3n) is 2.78. The number of rotatable bonds is 1. The zero-order chi connectivity index (χ0) is 9.47. The Bertz CT molecular complexity index is 322. The Morgan fingerprint density at radius 2 is 2.15 bits per heavy atom. The van der Waals surface area contributed by atoms with Gasteiger partial charge in [0.15, 0.2) is 9.84 Å². The van der Waals surface area contributed by atoms with Gasteiger partial charge in [-0.2, -0.15) is 0 Å². The molecule has 0 aromatic heterocycles. The molecule has 0 amide bonds. The van der Waals surface area contributed by atoms with Crippen molar-refractivity contribution in [1.82, 2.24) is 4.90 Å². The highest BCUT2D eigenvalue weighted by Gasteiger charge is 2.35. The summed E-state index contributed by atoms with van der Waals surface area (Å²) in [5, 5.41) is 0. The van der Waals surface area contributed by atoms with Crippen LogP contribution in [-0.4, -0.2) is 49.7 Å². The number of sulfone groups is 1. The van der Waals surface area contributed by atoms with Crippen LogP contribution in [0.4, 0.5) is 0 Å². The zero-order valence-corrected chi connectivity index (χ0v) is 8.22. The molecule has 0 saturated carbocycles. The maximum Gasteiger partial charge on any atom is 0.151 e. The first-order valence-corrected chi connectivity index (χ1v) is 6.35. The number of hydrogen-bond donors (Lipinski definition) is 0. The highest BCUT2D eigenvalue weighted by molar-refractivity contribution is 7.91. The van der Waals surface area contributed by atoms with E-state index in [-0.39, 0.29) is 17.6 Å². The van der Waals surface area contributed by atoms with Crippen molar-refractivity contribution in [1.29, 1.82) is 0 Å². The van der Waals surface area contributed by atoms with Crippen molar-refractivity contribution < 1.29 is 13.2 Å². The van der Waals surface area contributed by atoms with Crippen molar-refractivity contribution in [3.05, 3.63) is 0 Å². The quantitative estimate of drug-likeness (QED) is 0.573. The van der Waals surface area contributed by atoms with Crippen molar-refractivity contribution in [3.8, 4) is 0 Å². The molecule has 2 rings (SSSR count). The number of hydrogen-bond acceptors (Lipinski definition) is 4. The van der Waals surface area contributed by atoms with Gasteiger partial charge in [-0.15, -0.1) is 0 Å². The van der Waals surface area contributed by atoms with Gasteiger partial charge < -0.3 is 0 Å². The maximum absolute atomic E-state index is 11.2. The fraction of sp³-hybridized carbons (Fsp3) is 0.875. The average Bonchev–Trinajstić information content (AvgIpc) is 2.56. The Hall–Kier alpha value is -0.420. The van der Waals surface area contributed by atoms with Crippen LogP contribution in [0.25, 0.3) is 0 Å². The molecular weight excluding hydrogens is 190 g/mol. The van der Waals surface area contributed by atoms with Crippen molar-refractivity contribution in [2.45, 2.75) is 18.9 Å². The van der Waals surface area contributed by atoms with Crippen molar-refractivity contribution in [2.24, 2.45) is 0 Å². The molecule has 2 saturated heterocycles. The van der Waals surface area contributed by atoms with Gasteiger partial charge in [0, 0.05) is 19.0 Å². The second-order valence-electron chi connectivity index (χ2n) is 3.82. The summed E-state index contributed by atoms with van der Waals surface area (Å²) in [5.74, 6) is 0.784. The van der Waals surface area contributed by atoms with Crippen LogP contribution in [0.2, 0.25) is 0 Å². The third kappa shape index (κ3) is 1.91. The number of ketones is 1. The van der Waals surface area contributed by atoms with E-state index in [1.165, 1.54) is 0 Å². The van der Waals surface area contributed by atoms with E-state index in [1.54, 1.807) is 0 Å². The Kier molecular flexibility index (Phi) is 2.15. The van der Waals surface area contributed by atoms with Crippen LogP contribution >= 0.6 is 0 Å². The van der Waals surface area contributed by atoms with E-state index in [2.05, 4.69) is 0 Å². The summed E-state index contributed by atoms with van der Waals surface area (Å²) in [5.41, 5.74) is 0. The van der Waals surface area contributed by atoms with Crippen LogP contribution < -0.4 is 0 Å². The van der Waals surface area contributed by atoms with Gasteiger partial charge in [-0.1, -0.05) is 0 Å². The minimum absolute atomic E-state index is 0.108. The second-order valence-corrected chi connectivity index (χ2v) is 6.04. The first kappa shape index (κ1) is 9.15. The molecule has 5 heteroatoms. The molecule has 0 spiro atoms. The molecule has 2 heterocycles. The van der Waals surface area contributed by atoms with Crippen molar-refractivity contribution >= 4 is 15.6 Å². The summed E-state index contributed by atoms with van der Waals surface area (Å²) in [7, 11) is -2.80. The Morgan fingerprint density at radius 3 is 2.62 bits per heavy atom. The van der Waals surface area contributed by atoms with E-state index in [9.17, 15) is 13.2 Å². The lowest BCUT2D eigenvalue weighted by Gasteiger charge is -2.20. The number of carbonyl (C=O) groups is 1. The highest BCUT2D eigenvalue weighted by Crippen LogP contribution is 2.20. The van der Waals surface area contributed by atoms with E-state index < -0.39 is 9.84 Å². The summed E-state index contributed by atoms with van der Waals surface area (Å²) >= 11 is 0. The lowest BCUT2D eigenvalue weighted by Crippen LogP contribution is -2.34. The van der Waals surface area contributed by atoms with Gasteiger partial charge in [0.1, 0.15) is 5.78 Å². The molecule has 1 atom stereocenters. The molecule has 0 bridgehead atoms. The molecule has 4 nitrogen and oxygen atoms in total. The smallest absolute Gasteiger partial charge is 0.151 e. The summed E-state index contributed by atoms with van der Waals surface area (Å²) in [6.07, 6.45) is 1.30. The van der Waals surface area contributed by atoms with Crippen LogP contribution in [0.3, 0.4) is 0 Å². The van der Waals surface area contributed by atoms with Gasteiger partial charge in [0.2, 0.25) is 0 Å². The van der Waals surface area contributed by atoms with Crippen LogP contribution in [0, 0.1) is 0 Å². The molecule has 2 aliphatic heterocycles. The predicted molar refractivity (Wildman–Crippen MR) is 48.3 cm³/mol. The Labute approximate surface area is 77.8 Å². The minimum Gasteiger partial charge on any atom is -0.298 e. The topological polar surface area (TPSA) is 54.5 Å². The largest absolute Gasteiger partial charge is 0.298 e. The van der Waals surface area contributed by atoms with E-state index in [0.29, 0.717) is 25.1 Å². The number of likely N-dealkylation sites (tertiary alicyclic amines) is 1. The van der Waals surface area contributed by atoms with Crippen LogP contribution in [0.5, 0.6) is 0 Å². The summed E-state index contributed by atoms with van der Waals surface area (Å²) in [6, 6.07) is 0.108. The van der Waals surface area contributed by atoms with Crippen LogP contribution in [0.1, 0.15) is 12.8 Å². The maximum atomic E-state index is 11.2. The van der Waals surface area contributed by atoms with Crippen LogP contribution in [-0.2, 0) is 14.6 Å². The number of Topliss-reactive ketones (excluding diaryl/α,β-unsaturated/α-hetero) is 1. The molecule has 0 aliphatic carbocycles. The first-order chi connectivity index (χ1) is 6.07. The normalized spacial score (nSPS) is 34.2. The standard InChI is InChI=1S/C8H13NO3S/c10-8-1-3-9(5-8)7-2-4-13(11,12)6-7/h7H,1-6H2. The summed E-state index contributed by atoms with van der Waals surface area (Å²) < 4.78 is 22.3. The lowest BCUT2D eigenvalue weighted by atomic mass is 10.2. The number of carbonyl (C=O) groups excluding carboxylic acids is 1. The minimum atomic E-state index is -2.80. The van der Waals surface area contributed by atoms with E-state index >= 15 is 0 Å². The average molecular weight is 203 g/mol. The van der Waals surface area contributed by atoms with Crippen molar-refractivity contribution in [2.75, 3.05) is 24.6 Å². The fourth-order valence-electron chi connectivity index (χ4n) is 2.03. The van der Waals surface area contributed by atoms with E-state index in [1.807, 2.05) is 4.90 Å². The van der Waals surface area contributed by atoms with Gasteiger partial charge >= 0.3 is 0 Å². The summed E-state index contributed by atoms with van der Waals surface area (Å²) in [4.78, 5) is 13.0. The molecule has 13 heavy (non-hydrogen) atoms. The Morgan fingerprint density at radius 1 is 1.38 bits per heavy atom. The molecule has 0 aromatic carbocycles. The molecule has 0 N–H and O–H groups in total. The highest BCUT2D eigenvalue weighted by atomic mass is 32.2. The zero-order valence-electron chi connectivity index (χ0n) is 7.40. The van der Waals surface area contributed by atoms with E-state index in [0.717, 1.165) is 6.54 Å². The first-order valence-electron chi connectivity index (χ1n) is 4.53. The van der Waals surface area contributed by atoms with Gasteiger partial charge in [-0.05, 0) is 6.42 Å². The molecule has 2 fully saturated rings. The second kappa shape index (κ2) is 3.06. The Balaban J connectivity index is 2.00. The molecule has 74 valence electrons. The van der Waals surface area contributed by atoms with E-state index in [4.69, 9.17) is 0 Å².